The standard InChI is InChI=1S/C24H19FN2O4/c1-31-19-11-7-16(8-12-19)22(28)20-21(15-5-9-17(25)10-6-15)27(24(30)23(20)29)14-18-4-2-3-13-26-18/h2-13,21,28H,14H2,1H3/b22-20+. The van der Waals surface area contributed by atoms with Crippen molar-refractivity contribution in [3.63, 3.8) is 0 Å². The van der Waals surface area contributed by atoms with Crippen molar-refractivity contribution < 1.29 is 23.8 Å². The average molecular weight is 418 g/mol. The number of aliphatic hydroxyl groups excluding tert-OH is 1. The van der Waals surface area contributed by atoms with Gasteiger partial charge in [0.05, 0.1) is 31.0 Å². The zero-order valence-electron chi connectivity index (χ0n) is 16.7. The number of amides is 1. The van der Waals surface area contributed by atoms with Crippen LogP contribution in [0.2, 0.25) is 0 Å². The molecule has 156 valence electrons. The maximum Gasteiger partial charge on any atom is 0.296 e. The van der Waals surface area contributed by atoms with Crippen LogP contribution in [0.1, 0.15) is 22.9 Å². The second-order valence-electron chi connectivity index (χ2n) is 7.03. The van der Waals surface area contributed by atoms with Gasteiger partial charge in [-0.05, 0) is 54.1 Å². The minimum absolute atomic E-state index is 0.0577. The molecule has 4 rings (SSSR count). The smallest absolute Gasteiger partial charge is 0.296 e. The number of hydrogen-bond acceptors (Lipinski definition) is 5. The van der Waals surface area contributed by atoms with E-state index in [2.05, 4.69) is 4.98 Å². The first-order valence-corrected chi connectivity index (χ1v) is 9.58. The summed E-state index contributed by atoms with van der Waals surface area (Å²) in [6.45, 7) is 0.0624. The highest BCUT2D eigenvalue weighted by atomic mass is 19.1. The van der Waals surface area contributed by atoms with Gasteiger partial charge in [-0.1, -0.05) is 18.2 Å². The quantitative estimate of drug-likeness (QED) is 0.387. The van der Waals surface area contributed by atoms with E-state index in [1.165, 1.54) is 36.3 Å². The molecule has 0 aliphatic carbocycles. The lowest BCUT2D eigenvalue weighted by atomic mass is 9.95. The Kier molecular flexibility index (Phi) is 5.49. The molecule has 1 aromatic heterocycles. The number of halogens is 1. The van der Waals surface area contributed by atoms with Gasteiger partial charge in [-0.25, -0.2) is 4.39 Å². The molecule has 0 saturated carbocycles. The van der Waals surface area contributed by atoms with E-state index in [-0.39, 0.29) is 17.9 Å². The van der Waals surface area contributed by atoms with Crippen molar-refractivity contribution in [1.29, 1.82) is 0 Å². The summed E-state index contributed by atoms with van der Waals surface area (Å²) in [5.74, 6) is -1.73. The van der Waals surface area contributed by atoms with E-state index in [0.717, 1.165) is 0 Å². The molecule has 6 nitrogen and oxygen atoms in total. The number of ether oxygens (including phenoxy) is 1. The molecule has 1 aliphatic heterocycles. The highest BCUT2D eigenvalue weighted by Crippen LogP contribution is 2.40. The summed E-state index contributed by atoms with van der Waals surface area (Å²) in [4.78, 5) is 31.5. The molecule has 1 unspecified atom stereocenters. The van der Waals surface area contributed by atoms with Gasteiger partial charge in [-0.3, -0.25) is 14.6 Å². The molecule has 2 heterocycles. The molecular weight excluding hydrogens is 399 g/mol. The molecule has 1 saturated heterocycles. The minimum Gasteiger partial charge on any atom is -0.507 e. The minimum atomic E-state index is -0.885. The summed E-state index contributed by atoms with van der Waals surface area (Å²) in [7, 11) is 1.52. The van der Waals surface area contributed by atoms with Crippen molar-refractivity contribution in [1.82, 2.24) is 9.88 Å². The van der Waals surface area contributed by atoms with E-state index in [9.17, 15) is 19.1 Å². The molecule has 3 aromatic rings. The molecule has 7 heteroatoms. The van der Waals surface area contributed by atoms with E-state index in [1.54, 1.807) is 48.7 Å². The fourth-order valence-corrected chi connectivity index (χ4v) is 3.61. The van der Waals surface area contributed by atoms with Crippen LogP contribution in [0.25, 0.3) is 5.76 Å². The maximum absolute atomic E-state index is 13.5. The van der Waals surface area contributed by atoms with Crippen LogP contribution in [0.3, 0.4) is 0 Å². The van der Waals surface area contributed by atoms with Crippen molar-refractivity contribution in [3.05, 3.63) is 101 Å². The Labute approximate surface area is 178 Å². The van der Waals surface area contributed by atoms with Crippen molar-refractivity contribution >= 4 is 17.4 Å². The van der Waals surface area contributed by atoms with Gasteiger partial charge in [0.2, 0.25) is 0 Å². The second kappa shape index (κ2) is 8.39. The van der Waals surface area contributed by atoms with Crippen molar-refractivity contribution in [2.75, 3.05) is 7.11 Å². The molecule has 1 aliphatic rings. The van der Waals surface area contributed by atoms with E-state index in [1.807, 2.05) is 0 Å². The third-order valence-electron chi connectivity index (χ3n) is 5.15. The molecule has 0 spiro atoms. The van der Waals surface area contributed by atoms with Crippen LogP contribution >= 0.6 is 0 Å². The number of likely N-dealkylation sites (tertiary alicyclic amines) is 1. The fourth-order valence-electron chi connectivity index (χ4n) is 3.61. The highest BCUT2D eigenvalue weighted by molar-refractivity contribution is 6.46. The van der Waals surface area contributed by atoms with Gasteiger partial charge in [0.15, 0.2) is 0 Å². The third kappa shape index (κ3) is 3.90. The number of Topliss-reactive ketones (excluding diaryl/α,β-unsaturated/α-hetero) is 1. The van der Waals surface area contributed by atoms with Gasteiger partial charge in [-0.15, -0.1) is 0 Å². The van der Waals surface area contributed by atoms with Gasteiger partial charge in [0.1, 0.15) is 17.3 Å². The number of nitrogens with zero attached hydrogens (tertiary/aromatic N) is 2. The Balaban J connectivity index is 1.84. The number of aliphatic hydroxyl groups is 1. The zero-order chi connectivity index (χ0) is 22.0. The van der Waals surface area contributed by atoms with Gasteiger partial charge < -0.3 is 14.7 Å². The summed E-state index contributed by atoms with van der Waals surface area (Å²) in [6.07, 6.45) is 1.59. The first-order valence-electron chi connectivity index (χ1n) is 9.58. The van der Waals surface area contributed by atoms with E-state index in [0.29, 0.717) is 22.6 Å². The maximum atomic E-state index is 13.5. The number of benzene rings is 2. The van der Waals surface area contributed by atoms with Crippen molar-refractivity contribution in [3.8, 4) is 5.75 Å². The number of carbonyl (C=O) groups is 2. The van der Waals surface area contributed by atoms with Crippen molar-refractivity contribution in [2.45, 2.75) is 12.6 Å². The van der Waals surface area contributed by atoms with Crippen LogP contribution < -0.4 is 4.74 Å². The van der Waals surface area contributed by atoms with E-state index >= 15 is 0 Å². The molecule has 2 aromatic carbocycles. The number of ketones is 1. The Hall–Kier alpha value is -4.00. The molecular formula is C24H19FN2O4. The number of rotatable bonds is 5. The van der Waals surface area contributed by atoms with Gasteiger partial charge in [0, 0.05) is 11.8 Å². The molecule has 1 N–H and O–H groups in total. The van der Waals surface area contributed by atoms with Crippen LogP contribution in [-0.4, -0.2) is 33.8 Å². The summed E-state index contributed by atoms with van der Waals surface area (Å²) in [5.41, 5.74) is 1.40. The summed E-state index contributed by atoms with van der Waals surface area (Å²) >= 11 is 0. The first kappa shape index (κ1) is 20.3. The van der Waals surface area contributed by atoms with Gasteiger partial charge in [-0.2, -0.15) is 0 Å². The Morgan fingerprint density at radius 2 is 1.77 bits per heavy atom. The predicted octanol–water partition coefficient (Wildman–Crippen LogP) is 3.85. The van der Waals surface area contributed by atoms with Gasteiger partial charge >= 0.3 is 0 Å². The summed E-state index contributed by atoms with van der Waals surface area (Å²) in [6, 6.07) is 16.4. The van der Waals surface area contributed by atoms with Crippen LogP contribution in [-0.2, 0) is 16.1 Å². The summed E-state index contributed by atoms with van der Waals surface area (Å²) < 4.78 is 18.7. The third-order valence-corrected chi connectivity index (χ3v) is 5.15. The lowest BCUT2D eigenvalue weighted by Gasteiger charge is -2.25. The number of pyridine rings is 1. The van der Waals surface area contributed by atoms with Crippen molar-refractivity contribution in [2.24, 2.45) is 0 Å². The monoisotopic (exact) mass is 418 g/mol. The fraction of sp³-hybridized carbons (Fsp3) is 0.125. The number of carbonyl (C=O) groups excluding carboxylic acids is 2. The van der Waals surface area contributed by atoms with E-state index in [4.69, 9.17) is 4.74 Å². The second-order valence-corrected chi connectivity index (χ2v) is 7.03. The van der Waals surface area contributed by atoms with Crippen LogP contribution in [0.15, 0.2) is 78.5 Å². The van der Waals surface area contributed by atoms with Crippen LogP contribution in [0.5, 0.6) is 5.75 Å². The lowest BCUT2D eigenvalue weighted by Crippen LogP contribution is -2.29. The number of hydrogen-bond donors (Lipinski definition) is 1. The Morgan fingerprint density at radius 3 is 2.39 bits per heavy atom. The molecule has 31 heavy (non-hydrogen) atoms. The number of aromatic nitrogens is 1. The molecule has 1 atom stereocenters. The zero-order valence-corrected chi connectivity index (χ0v) is 16.7. The Morgan fingerprint density at radius 1 is 1.06 bits per heavy atom. The van der Waals surface area contributed by atoms with Crippen LogP contribution in [0.4, 0.5) is 4.39 Å². The highest BCUT2D eigenvalue weighted by Gasteiger charge is 2.46. The topological polar surface area (TPSA) is 79.7 Å². The van der Waals surface area contributed by atoms with E-state index < -0.39 is 23.5 Å². The molecule has 0 radical (unpaired) electrons. The van der Waals surface area contributed by atoms with Gasteiger partial charge in [0.25, 0.3) is 11.7 Å². The average Bonchev–Trinajstić information content (AvgIpc) is 3.05. The molecule has 0 bridgehead atoms. The molecule has 1 amide bonds. The summed E-state index contributed by atoms with van der Waals surface area (Å²) in [5, 5.41) is 11.0. The normalized spacial score (nSPS) is 17.7. The lowest BCUT2D eigenvalue weighted by molar-refractivity contribution is -0.140. The first-order chi connectivity index (χ1) is 15.0. The Bertz CT molecular complexity index is 1140. The molecule has 1 fully saturated rings. The largest absolute Gasteiger partial charge is 0.507 e. The predicted molar refractivity (Wildman–Crippen MR) is 111 cm³/mol. The SMILES string of the molecule is COc1ccc(/C(O)=C2\C(=O)C(=O)N(Cc3ccccn3)C2c2ccc(F)cc2)cc1. The number of methoxy groups -OCH3 is 1. The van der Waals surface area contributed by atoms with Crippen LogP contribution in [0, 0.1) is 5.82 Å².